The number of rotatable bonds is 5. The van der Waals surface area contributed by atoms with Crippen molar-refractivity contribution >= 4 is 11.9 Å². The number of amides is 1. The highest BCUT2D eigenvalue weighted by atomic mass is 19.4. The van der Waals surface area contributed by atoms with E-state index >= 15 is 0 Å². The average Bonchev–Trinajstić information content (AvgIpc) is 3.36. The molecule has 1 amide bonds. The summed E-state index contributed by atoms with van der Waals surface area (Å²) < 4.78 is 43.2. The van der Waals surface area contributed by atoms with Gasteiger partial charge in [0, 0.05) is 24.5 Å². The number of nitrogens with zero attached hydrogens (tertiary/aromatic N) is 4. The number of benzene rings is 1. The van der Waals surface area contributed by atoms with Crippen molar-refractivity contribution in [3.8, 4) is 11.5 Å². The Morgan fingerprint density at radius 3 is 2.52 bits per heavy atom. The fourth-order valence-corrected chi connectivity index (χ4v) is 3.54. The van der Waals surface area contributed by atoms with Crippen LogP contribution in [0.25, 0.3) is 11.5 Å². The van der Waals surface area contributed by atoms with Gasteiger partial charge >= 0.3 is 6.18 Å². The normalized spacial score (nSPS) is 18.7. The first-order valence-corrected chi connectivity index (χ1v) is 9.67. The summed E-state index contributed by atoms with van der Waals surface area (Å²) in [5, 5.41) is 9.79. The largest absolute Gasteiger partial charge is 0.419 e. The zero-order valence-corrected chi connectivity index (χ0v) is 16.5. The number of aryl methyl sites for hydroxylation is 1. The molecule has 31 heavy (non-hydrogen) atoms. The van der Waals surface area contributed by atoms with Gasteiger partial charge in [-0.05, 0) is 38.3 Å². The summed E-state index contributed by atoms with van der Waals surface area (Å²) in [5.74, 6) is 0.490. The molecule has 11 heteroatoms. The SMILES string of the molecule is Cc1noc(-c2ccccc2C(=O)NC2CCC[C@@H]2Nc2ncc(C(F)(F)F)cn2)n1. The number of hydrogen-bond acceptors (Lipinski definition) is 7. The van der Waals surface area contributed by atoms with Crippen molar-refractivity contribution in [3.63, 3.8) is 0 Å². The van der Waals surface area contributed by atoms with Gasteiger partial charge in [-0.1, -0.05) is 17.3 Å². The maximum Gasteiger partial charge on any atom is 0.419 e. The molecule has 2 atom stereocenters. The molecule has 2 heterocycles. The standard InChI is InChI=1S/C20H19F3N6O2/c1-11-26-18(31-29-11)14-6-3-2-5-13(14)17(30)27-15-7-4-8-16(15)28-19-24-9-12(10-25-19)20(21,22)23/h2-3,5-6,9-10,15-16H,4,7-8H2,1H3,(H,27,30)(H,24,25,28)/t15?,16-/m0/s1. The Kier molecular flexibility index (Phi) is 5.57. The van der Waals surface area contributed by atoms with E-state index in [0.717, 1.165) is 25.2 Å². The molecular formula is C20H19F3N6O2. The number of alkyl halides is 3. The predicted molar refractivity (Wildman–Crippen MR) is 104 cm³/mol. The van der Waals surface area contributed by atoms with Gasteiger partial charge in [0.2, 0.25) is 5.95 Å². The first-order chi connectivity index (χ1) is 14.8. The molecule has 2 aromatic heterocycles. The van der Waals surface area contributed by atoms with Crippen molar-refractivity contribution in [2.75, 3.05) is 5.32 Å². The molecule has 1 aromatic carbocycles. The van der Waals surface area contributed by atoms with Crippen LogP contribution in [0.5, 0.6) is 0 Å². The molecular weight excluding hydrogens is 413 g/mol. The zero-order valence-electron chi connectivity index (χ0n) is 16.5. The summed E-state index contributed by atoms with van der Waals surface area (Å²) >= 11 is 0. The number of nitrogens with one attached hydrogen (secondary N) is 2. The fourth-order valence-electron chi connectivity index (χ4n) is 3.54. The fraction of sp³-hybridized carbons (Fsp3) is 0.350. The van der Waals surface area contributed by atoms with Crippen molar-refractivity contribution in [2.45, 2.75) is 44.4 Å². The second kappa shape index (κ2) is 8.32. The number of anilines is 1. The van der Waals surface area contributed by atoms with Crippen LogP contribution < -0.4 is 10.6 Å². The van der Waals surface area contributed by atoms with Gasteiger partial charge < -0.3 is 15.2 Å². The summed E-state index contributed by atoms with van der Waals surface area (Å²) in [6, 6.07) is 6.45. The quantitative estimate of drug-likeness (QED) is 0.634. The topological polar surface area (TPSA) is 106 Å². The number of hydrogen-bond donors (Lipinski definition) is 2. The highest BCUT2D eigenvalue weighted by molar-refractivity contribution is 6.00. The van der Waals surface area contributed by atoms with Crippen LogP contribution in [0.2, 0.25) is 0 Å². The monoisotopic (exact) mass is 432 g/mol. The zero-order chi connectivity index (χ0) is 22.0. The van der Waals surface area contributed by atoms with Crippen LogP contribution in [0.15, 0.2) is 41.2 Å². The first kappa shape index (κ1) is 20.8. The number of carbonyl (C=O) groups excluding carboxylic acids is 1. The third-order valence-electron chi connectivity index (χ3n) is 5.06. The summed E-state index contributed by atoms with van der Waals surface area (Å²) in [7, 11) is 0. The van der Waals surface area contributed by atoms with E-state index in [0.29, 0.717) is 23.4 Å². The molecule has 1 aliphatic carbocycles. The molecule has 3 aromatic rings. The molecule has 4 rings (SSSR count). The highest BCUT2D eigenvalue weighted by Gasteiger charge is 2.33. The molecule has 0 saturated heterocycles. The Bertz CT molecular complexity index is 1070. The number of halogens is 3. The van der Waals surface area contributed by atoms with Crippen molar-refractivity contribution in [2.24, 2.45) is 0 Å². The summed E-state index contributed by atoms with van der Waals surface area (Å²) in [4.78, 5) is 24.7. The van der Waals surface area contributed by atoms with E-state index in [1.54, 1.807) is 31.2 Å². The van der Waals surface area contributed by atoms with Gasteiger partial charge in [0.05, 0.1) is 16.7 Å². The van der Waals surface area contributed by atoms with Crippen LogP contribution in [0, 0.1) is 6.92 Å². The Morgan fingerprint density at radius 2 is 1.84 bits per heavy atom. The van der Waals surface area contributed by atoms with Crippen molar-refractivity contribution in [1.82, 2.24) is 25.4 Å². The summed E-state index contributed by atoms with van der Waals surface area (Å²) in [6.45, 7) is 1.69. The van der Waals surface area contributed by atoms with E-state index in [2.05, 4.69) is 30.7 Å². The second-order valence-corrected chi connectivity index (χ2v) is 7.25. The lowest BCUT2D eigenvalue weighted by atomic mass is 10.1. The average molecular weight is 432 g/mol. The Morgan fingerprint density at radius 1 is 1.13 bits per heavy atom. The molecule has 1 saturated carbocycles. The molecule has 1 unspecified atom stereocenters. The minimum atomic E-state index is -4.49. The van der Waals surface area contributed by atoms with Crippen molar-refractivity contribution in [3.05, 3.63) is 53.6 Å². The molecule has 1 aliphatic rings. The molecule has 8 nitrogen and oxygen atoms in total. The lowest BCUT2D eigenvalue weighted by molar-refractivity contribution is -0.138. The van der Waals surface area contributed by atoms with Gasteiger partial charge in [-0.15, -0.1) is 0 Å². The Balaban J connectivity index is 1.46. The third-order valence-corrected chi connectivity index (χ3v) is 5.06. The van der Waals surface area contributed by atoms with Crippen LogP contribution in [-0.4, -0.2) is 38.1 Å². The Labute approximate surface area is 175 Å². The van der Waals surface area contributed by atoms with Gasteiger partial charge in [0.1, 0.15) is 0 Å². The van der Waals surface area contributed by atoms with Crippen molar-refractivity contribution < 1.29 is 22.5 Å². The van der Waals surface area contributed by atoms with Crippen LogP contribution in [-0.2, 0) is 6.18 Å². The third kappa shape index (κ3) is 4.65. The van der Waals surface area contributed by atoms with Crippen LogP contribution in [0.4, 0.5) is 19.1 Å². The molecule has 1 fully saturated rings. The molecule has 0 bridgehead atoms. The molecule has 2 N–H and O–H groups in total. The minimum Gasteiger partial charge on any atom is -0.349 e. The molecule has 0 radical (unpaired) electrons. The summed E-state index contributed by atoms with van der Waals surface area (Å²) in [5.41, 5.74) is -0.000970. The molecule has 162 valence electrons. The smallest absolute Gasteiger partial charge is 0.349 e. The number of carbonyl (C=O) groups is 1. The van der Waals surface area contributed by atoms with Gasteiger partial charge in [0.15, 0.2) is 5.82 Å². The minimum absolute atomic E-state index is 0.0842. The lowest BCUT2D eigenvalue weighted by Gasteiger charge is -2.22. The highest BCUT2D eigenvalue weighted by Crippen LogP contribution is 2.29. The van der Waals surface area contributed by atoms with Gasteiger partial charge in [0.25, 0.3) is 11.8 Å². The second-order valence-electron chi connectivity index (χ2n) is 7.25. The maximum absolute atomic E-state index is 13.0. The van der Waals surface area contributed by atoms with Gasteiger partial charge in [-0.3, -0.25) is 4.79 Å². The maximum atomic E-state index is 13.0. The summed E-state index contributed by atoms with van der Waals surface area (Å²) in [6.07, 6.45) is -0.743. The van der Waals surface area contributed by atoms with Crippen LogP contribution >= 0.6 is 0 Å². The van der Waals surface area contributed by atoms with Crippen LogP contribution in [0.1, 0.15) is 41.0 Å². The van der Waals surface area contributed by atoms with Crippen LogP contribution in [0.3, 0.4) is 0 Å². The van der Waals surface area contributed by atoms with Gasteiger partial charge in [-0.2, -0.15) is 18.2 Å². The van der Waals surface area contributed by atoms with E-state index in [9.17, 15) is 18.0 Å². The van der Waals surface area contributed by atoms with E-state index in [4.69, 9.17) is 4.52 Å². The molecule has 0 aliphatic heterocycles. The first-order valence-electron chi connectivity index (χ1n) is 9.67. The lowest BCUT2D eigenvalue weighted by Crippen LogP contribution is -2.43. The van der Waals surface area contributed by atoms with Gasteiger partial charge in [-0.25, -0.2) is 9.97 Å². The van der Waals surface area contributed by atoms with E-state index in [1.165, 1.54) is 0 Å². The predicted octanol–water partition coefficient (Wildman–Crippen LogP) is 3.62. The Hall–Kier alpha value is -3.50. The van der Waals surface area contributed by atoms with Crippen molar-refractivity contribution in [1.29, 1.82) is 0 Å². The van der Waals surface area contributed by atoms with E-state index < -0.39 is 11.7 Å². The van der Waals surface area contributed by atoms with E-state index in [1.807, 2.05) is 0 Å². The number of aromatic nitrogens is 4. The molecule has 0 spiro atoms. The van der Waals surface area contributed by atoms with E-state index in [-0.39, 0.29) is 29.8 Å².